The predicted molar refractivity (Wildman–Crippen MR) is 79.9 cm³/mol. The van der Waals surface area contributed by atoms with E-state index in [1.165, 1.54) is 57.7 Å². The van der Waals surface area contributed by atoms with Gasteiger partial charge in [-0.15, -0.1) is 0 Å². The first-order valence-corrected chi connectivity index (χ1v) is 8.53. The van der Waals surface area contributed by atoms with Crippen LogP contribution >= 0.6 is 11.8 Å². The highest BCUT2D eigenvalue weighted by molar-refractivity contribution is 7.98. The van der Waals surface area contributed by atoms with Crippen molar-refractivity contribution >= 4 is 11.8 Å². The Morgan fingerprint density at radius 3 is 2.94 bits per heavy atom. The lowest BCUT2D eigenvalue weighted by Gasteiger charge is -2.33. The standard InChI is InChI=1S/C14H30N2S/c1-13(2)10-15-11-14-6-4-7-16(12-14)8-5-9-17-3/h13-15H,4-12H2,1-3H3. The Bertz CT molecular complexity index is 185. The zero-order chi connectivity index (χ0) is 12.5. The zero-order valence-corrected chi connectivity index (χ0v) is 12.7. The second-order valence-corrected chi connectivity index (χ2v) is 6.69. The summed E-state index contributed by atoms with van der Waals surface area (Å²) in [6.45, 7) is 10.9. The average Bonchev–Trinajstić information content (AvgIpc) is 2.29. The van der Waals surface area contributed by atoms with Crippen molar-refractivity contribution in [2.75, 3.05) is 44.7 Å². The molecule has 0 amide bonds. The largest absolute Gasteiger partial charge is 0.316 e. The van der Waals surface area contributed by atoms with Gasteiger partial charge < -0.3 is 10.2 Å². The zero-order valence-electron chi connectivity index (χ0n) is 11.9. The van der Waals surface area contributed by atoms with Crippen LogP contribution in [-0.2, 0) is 0 Å². The lowest BCUT2D eigenvalue weighted by atomic mass is 9.97. The SMILES string of the molecule is CSCCCN1CCCC(CNCC(C)C)C1. The molecule has 0 aromatic carbocycles. The van der Waals surface area contributed by atoms with Gasteiger partial charge in [0.2, 0.25) is 0 Å². The molecular formula is C14H30N2S. The molecule has 102 valence electrons. The van der Waals surface area contributed by atoms with E-state index in [-0.39, 0.29) is 0 Å². The van der Waals surface area contributed by atoms with Crippen LogP contribution in [0.25, 0.3) is 0 Å². The molecule has 1 saturated heterocycles. The topological polar surface area (TPSA) is 15.3 Å². The lowest BCUT2D eigenvalue weighted by molar-refractivity contribution is 0.172. The van der Waals surface area contributed by atoms with Crippen LogP contribution in [0, 0.1) is 11.8 Å². The molecule has 1 heterocycles. The van der Waals surface area contributed by atoms with Gasteiger partial charge in [0, 0.05) is 6.54 Å². The fourth-order valence-electron chi connectivity index (χ4n) is 2.53. The molecule has 0 bridgehead atoms. The molecule has 1 aliphatic heterocycles. The Hall–Kier alpha value is 0.270. The van der Waals surface area contributed by atoms with Crippen LogP contribution in [0.15, 0.2) is 0 Å². The molecule has 1 unspecified atom stereocenters. The van der Waals surface area contributed by atoms with E-state index in [0.717, 1.165) is 11.8 Å². The number of thioether (sulfide) groups is 1. The summed E-state index contributed by atoms with van der Waals surface area (Å²) in [5.41, 5.74) is 0. The van der Waals surface area contributed by atoms with Crippen molar-refractivity contribution in [2.45, 2.75) is 33.1 Å². The van der Waals surface area contributed by atoms with Gasteiger partial charge in [-0.1, -0.05) is 13.8 Å². The number of nitrogens with one attached hydrogen (secondary N) is 1. The smallest absolute Gasteiger partial charge is 0.00218 e. The van der Waals surface area contributed by atoms with E-state index in [2.05, 4.69) is 30.3 Å². The fraction of sp³-hybridized carbons (Fsp3) is 1.00. The van der Waals surface area contributed by atoms with Crippen LogP contribution in [0.5, 0.6) is 0 Å². The van der Waals surface area contributed by atoms with E-state index in [1.807, 2.05) is 11.8 Å². The van der Waals surface area contributed by atoms with E-state index >= 15 is 0 Å². The Balaban J connectivity index is 2.10. The predicted octanol–water partition coefficient (Wildman–Crippen LogP) is 2.70. The normalized spacial score (nSPS) is 22.2. The van der Waals surface area contributed by atoms with Crippen molar-refractivity contribution in [2.24, 2.45) is 11.8 Å². The van der Waals surface area contributed by atoms with Gasteiger partial charge in [0.1, 0.15) is 0 Å². The Kier molecular flexibility index (Phi) is 8.33. The molecule has 1 aliphatic rings. The molecule has 2 nitrogen and oxygen atoms in total. The second-order valence-electron chi connectivity index (χ2n) is 5.71. The van der Waals surface area contributed by atoms with Gasteiger partial charge in [0.15, 0.2) is 0 Å². The molecule has 0 aromatic heterocycles. The summed E-state index contributed by atoms with van der Waals surface area (Å²) in [4.78, 5) is 2.67. The number of hydrogen-bond acceptors (Lipinski definition) is 3. The van der Waals surface area contributed by atoms with Crippen molar-refractivity contribution in [3.8, 4) is 0 Å². The van der Waals surface area contributed by atoms with Crippen molar-refractivity contribution in [1.82, 2.24) is 10.2 Å². The van der Waals surface area contributed by atoms with Crippen molar-refractivity contribution < 1.29 is 0 Å². The highest BCUT2D eigenvalue weighted by Gasteiger charge is 2.18. The molecule has 3 heteroatoms. The summed E-state index contributed by atoms with van der Waals surface area (Å²) in [6.07, 6.45) is 6.37. The first kappa shape index (κ1) is 15.3. The molecule has 1 N–H and O–H groups in total. The Labute approximate surface area is 112 Å². The van der Waals surface area contributed by atoms with Gasteiger partial charge >= 0.3 is 0 Å². The number of hydrogen-bond donors (Lipinski definition) is 1. The van der Waals surface area contributed by atoms with Gasteiger partial charge in [0.05, 0.1) is 0 Å². The summed E-state index contributed by atoms with van der Waals surface area (Å²) < 4.78 is 0. The summed E-state index contributed by atoms with van der Waals surface area (Å²) in [5.74, 6) is 2.97. The van der Waals surface area contributed by atoms with Crippen LogP contribution in [0.4, 0.5) is 0 Å². The molecule has 17 heavy (non-hydrogen) atoms. The maximum Gasteiger partial charge on any atom is 0.00218 e. The fourth-order valence-corrected chi connectivity index (χ4v) is 2.95. The first-order valence-electron chi connectivity index (χ1n) is 7.14. The molecule has 0 spiro atoms. The third-order valence-electron chi connectivity index (χ3n) is 3.41. The van der Waals surface area contributed by atoms with Crippen LogP contribution in [0.3, 0.4) is 0 Å². The number of likely N-dealkylation sites (tertiary alicyclic amines) is 1. The van der Waals surface area contributed by atoms with Crippen molar-refractivity contribution in [3.63, 3.8) is 0 Å². The van der Waals surface area contributed by atoms with Crippen LogP contribution in [-0.4, -0.2) is 49.6 Å². The summed E-state index contributed by atoms with van der Waals surface area (Å²) >= 11 is 1.97. The third kappa shape index (κ3) is 7.32. The molecule has 0 radical (unpaired) electrons. The number of piperidine rings is 1. The van der Waals surface area contributed by atoms with Crippen LogP contribution in [0.2, 0.25) is 0 Å². The molecule has 1 rings (SSSR count). The molecule has 0 aromatic rings. The lowest BCUT2D eigenvalue weighted by Crippen LogP contribution is -2.40. The minimum absolute atomic E-state index is 0.774. The molecule has 1 fully saturated rings. The first-order chi connectivity index (χ1) is 8.22. The molecular weight excluding hydrogens is 228 g/mol. The highest BCUT2D eigenvalue weighted by atomic mass is 32.2. The molecule has 0 saturated carbocycles. The van der Waals surface area contributed by atoms with E-state index in [1.54, 1.807) is 0 Å². The summed E-state index contributed by atoms with van der Waals surface area (Å²) in [7, 11) is 0. The van der Waals surface area contributed by atoms with Gasteiger partial charge in [-0.2, -0.15) is 11.8 Å². The minimum Gasteiger partial charge on any atom is -0.316 e. The van der Waals surface area contributed by atoms with Gasteiger partial charge in [-0.25, -0.2) is 0 Å². The van der Waals surface area contributed by atoms with Crippen LogP contribution in [0.1, 0.15) is 33.1 Å². The Morgan fingerprint density at radius 1 is 1.41 bits per heavy atom. The van der Waals surface area contributed by atoms with E-state index < -0.39 is 0 Å². The highest BCUT2D eigenvalue weighted by Crippen LogP contribution is 2.16. The average molecular weight is 258 g/mol. The minimum atomic E-state index is 0.774. The van der Waals surface area contributed by atoms with E-state index in [9.17, 15) is 0 Å². The third-order valence-corrected chi connectivity index (χ3v) is 4.11. The van der Waals surface area contributed by atoms with Crippen LogP contribution < -0.4 is 5.32 Å². The van der Waals surface area contributed by atoms with E-state index in [0.29, 0.717) is 0 Å². The molecule has 0 aliphatic carbocycles. The summed E-state index contributed by atoms with van der Waals surface area (Å²) in [6, 6.07) is 0. The Morgan fingerprint density at radius 2 is 2.24 bits per heavy atom. The number of rotatable bonds is 8. The maximum absolute atomic E-state index is 3.61. The van der Waals surface area contributed by atoms with Gasteiger partial charge in [0.25, 0.3) is 0 Å². The quantitative estimate of drug-likeness (QED) is 0.674. The van der Waals surface area contributed by atoms with Crippen molar-refractivity contribution in [3.05, 3.63) is 0 Å². The second kappa shape index (κ2) is 9.23. The van der Waals surface area contributed by atoms with E-state index in [4.69, 9.17) is 0 Å². The maximum atomic E-state index is 3.61. The summed E-state index contributed by atoms with van der Waals surface area (Å²) in [5, 5.41) is 3.61. The monoisotopic (exact) mass is 258 g/mol. The van der Waals surface area contributed by atoms with Crippen molar-refractivity contribution in [1.29, 1.82) is 0 Å². The molecule has 1 atom stereocenters. The van der Waals surface area contributed by atoms with Gasteiger partial charge in [-0.05, 0) is 69.3 Å². The number of nitrogens with zero attached hydrogens (tertiary/aromatic N) is 1. The van der Waals surface area contributed by atoms with Gasteiger partial charge in [-0.3, -0.25) is 0 Å².